The predicted octanol–water partition coefficient (Wildman–Crippen LogP) is 1.10. The number of hydrogen-bond acceptors (Lipinski definition) is 3. The smallest absolute Gasteiger partial charge is 0.340 e. The lowest BCUT2D eigenvalue weighted by atomic mass is 10.1. The van der Waals surface area contributed by atoms with E-state index in [1.807, 2.05) is 0 Å². The Morgan fingerprint density at radius 3 is 2.55 bits per heavy atom. The molecule has 5 heteroatoms. The van der Waals surface area contributed by atoms with E-state index >= 15 is 0 Å². The van der Waals surface area contributed by atoms with Crippen molar-refractivity contribution in [1.29, 1.82) is 0 Å². The first kappa shape index (κ1) is 10.7. The van der Waals surface area contributed by atoms with Crippen molar-refractivity contribution in [2.24, 2.45) is 0 Å². The van der Waals surface area contributed by atoms with Gasteiger partial charge in [-0.05, 0) is 6.92 Å². The fourth-order valence-corrected chi connectivity index (χ4v) is 0.729. The van der Waals surface area contributed by atoms with Crippen LogP contribution in [0.4, 0.5) is 4.39 Å². The zero-order valence-corrected chi connectivity index (χ0v) is 7.15. The molecule has 0 heterocycles. The maximum atomic E-state index is 12.2. The summed E-state index contributed by atoms with van der Waals surface area (Å²) in [7, 11) is 1.16. The van der Waals surface area contributed by atoms with Gasteiger partial charge in [0.25, 0.3) is 0 Å². The van der Waals surface area contributed by atoms with Crippen LogP contribution in [-0.4, -0.2) is 31.4 Å². The van der Waals surface area contributed by atoms with E-state index in [0.717, 1.165) is 7.11 Å². The lowest BCUT2D eigenvalue weighted by Gasteiger charge is -2.21. The molecular weight excluding hydrogens is 175 g/mol. The number of rotatable bonds is 4. The molecule has 1 atom stereocenters. The molecule has 11 heavy (non-hydrogen) atoms. The summed E-state index contributed by atoms with van der Waals surface area (Å²) >= 11 is 5.17. The van der Waals surface area contributed by atoms with E-state index in [0.29, 0.717) is 0 Å². The summed E-state index contributed by atoms with van der Waals surface area (Å²) in [6, 6.07) is -0.241. The van der Waals surface area contributed by atoms with Gasteiger partial charge in [0.2, 0.25) is 0 Å². The minimum Gasteiger partial charge on any atom is -0.467 e. The van der Waals surface area contributed by atoms with E-state index in [1.165, 1.54) is 6.92 Å². The quantitative estimate of drug-likeness (QED) is 0.485. The standard InChI is InChI=1S/C6H10ClFO3/c1-6(3-8,11-4-7)5(9)10-2/h3-4H2,1-2H3. The van der Waals surface area contributed by atoms with Crippen LogP contribution in [0.1, 0.15) is 6.92 Å². The van der Waals surface area contributed by atoms with Gasteiger partial charge < -0.3 is 9.47 Å². The topological polar surface area (TPSA) is 35.5 Å². The summed E-state index contributed by atoms with van der Waals surface area (Å²) in [5, 5.41) is 0. The fraction of sp³-hybridized carbons (Fsp3) is 0.833. The highest BCUT2D eigenvalue weighted by molar-refractivity contribution is 6.17. The summed E-state index contributed by atoms with van der Waals surface area (Å²) in [6.07, 6.45) is 0. The fourth-order valence-electron chi connectivity index (χ4n) is 0.488. The molecule has 66 valence electrons. The molecule has 0 saturated heterocycles. The van der Waals surface area contributed by atoms with Crippen molar-refractivity contribution in [3.63, 3.8) is 0 Å². The molecule has 0 saturated carbocycles. The Bertz CT molecular complexity index is 142. The molecule has 0 rings (SSSR count). The van der Waals surface area contributed by atoms with Crippen LogP contribution < -0.4 is 0 Å². The van der Waals surface area contributed by atoms with Gasteiger partial charge in [-0.25, -0.2) is 9.18 Å². The van der Waals surface area contributed by atoms with Gasteiger partial charge in [-0.15, -0.1) is 0 Å². The second-order valence-electron chi connectivity index (χ2n) is 2.11. The van der Waals surface area contributed by atoms with Crippen LogP contribution in [0.2, 0.25) is 0 Å². The Morgan fingerprint density at radius 1 is 1.73 bits per heavy atom. The van der Waals surface area contributed by atoms with Crippen molar-refractivity contribution >= 4 is 17.6 Å². The lowest BCUT2D eigenvalue weighted by molar-refractivity contribution is -0.166. The first-order valence-corrected chi connectivity index (χ1v) is 3.48. The van der Waals surface area contributed by atoms with Gasteiger partial charge in [-0.3, -0.25) is 0 Å². The molecule has 0 aromatic rings. The maximum Gasteiger partial charge on any atom is 0.340 e. The predicted molar refractivity (Wildman–Crippen MR) is 38.2 cm³/mol. The molecule has 0 aliphatic carbocycles. The van der Waals surface area contributed by atoms with E-state index in [2.05, 4.69) is 9.47 Å². The highest BCUT2D eigenvalue weighted by atomic mass is 35.5. The molecule has 1 unspecified atom stereocenters. The highest BCUT2D eigenvalue weighted by Crippen LogP contribution is 2.13. The summed E-state index contributed by atoms with van der Waals surface area (Å²) < 4.78 is 21.1. The molecule has 0 amide bonds. The second kappa shape index (κ2) is 4.51. The van der Waals surface area contributed by atoms with Crippen LogP contribution in [-0.2, 0) is 14.3 Å². The van der Waals surface area contributed by atoms with Gasteiger partial charge >= 0.3 is 5.97 Å². The Hall–Kier alpha value is -0.350. The number of alkyl halides is 2. The van der Waals surface area contributed by atoms with Crippen LogP contribution in [0.5, 0.6) is 0 Å². The largest absolute Gasteiger partial charge is 0.467 e. The van der Waals surface area contributed by atoms with Crippen molar-refractivity contribution in [2.45, 2.75) is 12.5 Å². The first-order chi connectivity index (χ1) is 5.10. The summed E-state index contributed by atoms with van der Waals surface area (Å²) in [6.45, 7) is 0.327. The SMILES string of the molecule is COC(=O)C(C)(CF)OCCl. The second-order valence-corrected chi connectivity index (χ2v) is 2.33. The molecule has 0 aliphatic rings. The zero-order valence-electron chi connectivity index (χ0n) is 6.39. The number of halogens is 2. The van der Waals surface area contributed by atoms with E-state index in [4.69, 9.17) is 11.6 Å². The third-order valence-electron chi connectivity index (χ3n) is 1.25. The Kier molecular flexibility index (Phi) is 4.37. The minimum atomic E-state index is -1.56. The average molecular weight is 185 g/mol. The first-order valence-electron chi connectivity index (χ1n) is 2.95. The molecule has 0 N–H and O–H groups in total. The van der Waals surface area contributed by atoms with Crippen LogP contribution in [0.25, 0.3) is 0 Å². The van der Waals surface area contributed by atoms with Gasteiger partial charge in [0, 0.05) is 0 Å². The monoisotopic (exact) mass is 184 g/mol. The molecule has 0 radical (unpaired) electrons. The zero-order chi connectivity index (χ0) is 8.91. The number of methoxy groups -OCH3 is 1. The average Bonchev–Trinajstić information content (AvgIpc) is 2.03. The van der Waals surface area contributed by atoms with Gasteiger partial charge in [0.05, 0.1) is 7.11 Å². The van der Waals surface area contributed by atoms with E-state index in [-0.39, 0.29) is 6.07 Å². The van der Waals surface area contributed by atoms with Gasteiger partial charge in [0.1, 0.15) is 12.7 Å². The molecule has 0 bridgehead atoms. The molecule has 0 aliphatic heterocycles. The van der Waals surface area contributed by atoms with Crippen molar-refractivity contribution in [3.05, 3.63) is 0 Å². The normalized spacial score (nSPS) is 15.6. The third kappa shape index (κ3) is 2.63. The summed E-state index contributed by atoms with van der Waals surface area (Å²) in [5.41, 5.74) is -1.56. The van der Waals surface area contributed by atoms with Crippen LogP contribution in [0, 0.1) is 0 Å². The number of carbonyl (C=O) groups excluding carboxylic acids is 1. The van der Waals surface area contributed by atoms with Crippen molar-refractivity contribution < 1.29 is 18.7 Å². The molecule has 3 nitrogen and oxygen atoms in total. The van der Waals surface area contributed by atoms with Crippen molar-refractivity contribution in [3.8, 4) is 0 Å². The summed E-state index contributed by atoms with van der Waals surface area (Å²) in [4.78, 5) is 10.8. The van der Waals surface area contributed by atoms with Gasteiger partial charge in [0.15, 0.2) is 5.60 Å². The Labute approximate surface area is 69.4 Å². The molecule has 0 fully saturated rings. The Balaban J connectivity index is 4.19. The maximum absolute atomic E-state index is 12.2. The molecular formula is C6H10ClFO3. The highest BCUT2D eigenvalue weighted by Gasteiger charge is 2.35. The van der Waals surface area contributed by atoms with Crippen molar-refractivity contribution in [2.75, 3.05) is 19.9 Å². The number of esters is 1. The lowest BCUT2D eigenvalue weighted by Crippen LogP contribution is -2.41. The Morgan fingerprint density at radius 2 is 2.27 bits per heavy atom. The number of carbonyl (C=O) groups is 1. The van der Waals surface area contributed by atoms with Crippen LogP contribution >= 0.6 is 11.6 Å². The minimum absolute atomic E-state index is 0.241. The van der Waals surface area contributed by atoms with E-state index < -0.39 is 18.2 Å². The summed E-state index contributed by atoms with van der Waals surface area (Å²) in [5.74, 6) is -0.763. The molecule has 0 spiro atoms. The molecule has 0 aromatic carbocycles. The van der Waals surface area contributed by atoms with Gasteiger partial charge in [-0.2, -0.15) is 0 Å². The third-order valence-corrected chi connectivity index (χ3v) is 1.35. The van der Waals surface area contributed by atoms with Crippen LogP contribution in [0.15, 0.2) is 0 Å². The van der Waals surface area contributed by atoms with E-state index in [9.17, 15) is 9.18 Å². The van der Waals surface area contributed by atoms with Crippen molar-refractivity contribution in [1.82, 2.24) is 0 Å². The number of ether oxygens (including phenoxy) is 2. The van der Waals surface area contributed by atoms with Crippen LogP contribution in [0.3, 0.4) is 0 Å². The molecule has 0 aromatic heterocycles. The van der Waals surface area contributed by atoms with E-state index in [1.54, 1.807) is 0 Å². The number of hydrogen-bond donors (Lipinski definition) is 0. The van der Waals surface area contributed by atoms with Gasteiger partial charge in [-0.1, -0.05) is 11.6 Å².